The number of carbonyl (C=O) groups excluding carboxylic acids is 1. The van der Waals surface area contributed by atoms with Crippen molar-refractivity contribution in [3.63, 3.8) is 0 Å². The number of hydrogen-bond donors (Lipinski definition) is 0. The Hall–Kier alpha value is -2.61. The number of fused-ring (bicyclic) bond motifs is 3. The highest BCUT2D eigenvalue weighted by molar-refractivity contribution is 6.15. The van der Waals surface area contributed by atoms with E-state index in [1.807, 2.05) is 25.1 Å². The van der Waals surface area contributed by atoms with Crippen LogP contribution in [0.1, 0.15) is 17.3 Å². The smallest absolute Gasteiger partial charge is 0.338 e. The van der Waals surface area contributed by atoms with Gasteiger partial charge in [0.2, 0.25) is 0 Å². The molecule has 0 fully saturated rings. The molecular formula is C19H14O2. The van der Waals surface area contributed by atoms with Crippen LogP contribution in [0.5, 0.6) is 0 Å². The molecule has 4 rings (SSSR count). The average Bonchev–Trinajstić information content (AvgIpc) is 2.84. The Labute approximate surface area is 123 Å². The summed E-state index contributed by atoms with van der Waals surface area (Å²) in [6, 6.07) is 18.5. The van der Waals surface area contributed by atoms with E-state index in [9.17, 15) is 4.79 Å². The molecule has 0 amide bonds. The van der Waals surface area contributed by atoms with Gasteiger partial charge < -0.3 is 4.74 Å². The molecule has 1 aliphatic rings. The van der Waals surface area contributed by atoms with Gasteiger partial charge in [-0.25, -0.2) is 4.79 Å². The molecule has 0 atom stereocenters. The minimum absolute atomic E-state index is 0.261. The van der Waals surface area contributed by atoms with Crippen LogP contribution in [0.25, 0.3) is 33.0 Å². The first-order valence-corrected chi connectivity index (χ1v) is 7.13. The fraction of sp³-hybridized carbons (Fsp3) is 0.105. The van der Waals surface area contributed by atoms with Crippen molar-refractivity contribution in [2.24, 2.45) is 0 Å². The molecule has 1 aliphatic carbocycles. The van der Waals surface area contributed by atoms with Crippen LogP contribution >= 0.6 is 0 Å². The van der Waals surface area contributed by atoms with Gasteiger partial charge in [0.05, 0.1) is 12.2 Å². The van der Waals surface area contributed by atoms with E-state index < -0.39 is 0 Å². The summed E-state index contributed by atoms with van der Waals surface area (Å²) in [5, 5.41) is 2.51. The van der Waals surface area contributed by atoms with Gasteiger partial charge in [0.25, 0.3) is 0 Å². The summed E-state index contributed by atoms with van der Waals surface area (Å²) >= 11 is 0. The van der Waals surface area contributed by atoms with Crippen molar-refractivity contribution in [2.75, 3.05) is 6.61 Å². The molecule has 3 aromatic rings. The molecule has 21 heavy (non-hydrogen) atoms. The molecule has 0 saturated heterocycles. The van der Waals surface area contributed by atoms with Crippen molar-refractivity contribution in [2.45, 2.75) is 6.92 Å². The van der Waals surface area contributed by atoms with Crippen LogP contribution in [0, 0.1) is 0 Å². The zero-order chi connectivity index (χ0) is 14.4. The zero-order valence-corrected chi connectivity index (χ0v) is 11.7. The highest BCUT2D eigenvalue weighted by Gasteiger charge is 2.22. The Morgan fingerprint density at radius 3 is 2.33 bits per heavy atom. The van der Waals surface area contributed by atoms with E-state index in [0.29, 0.717) is 12.2 Å². The minimum Gasteiger partial charge on any atom is -0.462 e. The maximum Gasteiger partial charge on any atom is 0.338 e. The first-order valence-electron chi connectivity index (χ1n) is 7.13. The van der Waals surface area contributed by atoms with Crippen LogP contribution in [-0.4, -0.2) is 12.6 Å². The monoisotopic (exact) mass is 274 g/mol. The van der Waals surface area contributed by atoms with E-state index in [1.165, 1.54) is 27.5 Å². The fourth-order valence-electron chi connectivity index (χ4n) is 3.13. The summed E-state index contributed by atoms with van der Waals surface area (Å²) in [4.78, 5) is 11.9. The van der Waals surface area contributed by atoms with Crippen molar-refractivity contribution in [3.8, 4) is 22.3 Å². The van der Waals surface area contributed by atoms with E-state index >= 15 is 0 Å². The second-order valence-electron chi connectivity index (χ2n) is 5.19. The molecule has 0 aliphatic heterocycles. The standard InChI is InChI=1S/C19H14O2/c1-2-21-19(20)13-9-10-14-15-7-3-5-12-6-4-8-16(18(12)15)17(14)11-13/h3-11H,2H2,1H3. The third-order valence-corrected chi connectivity index (χ3v) is 4.02. The van der Waals surface area contributed by atoms with Crippen molar-refractivity contribution in [1.29, 1.82) is 0 Å². The fourth-order valence-corrected chi connectivity index (χ4v) is 3.13. The number of esters is 1. The third kappa shape index (κ3) is 1.69. The molecule has 3 aromatic carbocycles. The summed E-state index contributed by atoms with van der Waals surface area (Å²) in [7, 11) is 0. The quantitative estimate of drug-likeness (QED) is 0.497. The summed E-state index contributed by atoms with van der Waals surface area (Å²) in [5.74, 6) is -0.261. The maximum atomic E-state index is 11.9. The summed E-state index contributed by atoms with van der Waals surface area (Å²) in [6.07, 6.45) is 0. The van der Waals surface area contributed by atoms with Crippen LogP contribution in [-0.2, 0) is 4.74 Å². The maximum absolute atomic E-state index is 11.9. The van der Waals surface area contributed by atoms with Gasteiger partial charge in [0.15, 0.2) is 0 Å². The molecule has 102 valence electrons. The molecule has 2 nitrogen and oxygen atoms in total. The van der Waals surface area contributed by atoms with Crippen LogP contribution < -0.4 is 0 Å². The van der Waals surface area contributed by atoms with E-state index in [1.54, 1.807) is 0 Å². The molecule has 0 saturated carbocycles. The minimum atomic E-state index is -0.261. The summed E-state index contributed by atoms with van der Waals surface area (Å²) < 4.78 is 5.10. The highest BCUT2D eigenvalue weighted by atomic mass is 16.5. The largest absolute Gasteiger partial charge is 0.462 e. The Morgan fingerprint density at radius 1 is 0.905 bits per heavy atom. The molecule has 0 bridgehead atoms. The number of rotatable bonds is 2. The molecule has 0 aromatic heterocycles. The van der Waals surface area contributed by atoms with Gasteiger partial charge in [0, 0.05) is 0 Å². The lowest BCUT2D eigenvalue weighted by molar-refractivity contribution is 0.0526. The first-order chi connectivity index (χ1) is 10.3. The molecule has 0 unspecified atom stereocenters. The van der Waals surface area contributed by atoms with Crippen molar-refractivity contribution in [3.05, 3.63) is 60.2 Å². The average molecular weight is 274 g/mol. The van der Waals surface area contributed by atoms with Gasteiger partial charge in [-0.15, -0.1) is 0 Å². The van der Waals surface area contributed by atoms with Crippen molar-refractivity contribution < 1.29 is 9.53 Å². The molecule has 0 heterocycles. The van der Waals surface area contributed by atoms with Crippen LogP contribution in [0.4, 0.5) is 0 Å². The van der Waals surface area contributed by atoms with Gasteiger partial charge >= 0.3 is 5.97 Å². The predicted octanol–water partition coefficient (Wildman–Crippen LogP) is 4.66. The van der Waals surface area contributed by atoms with Crippen molar-refractivity contribution in [1.82, 2.24) is 0 Å². The Bertz CT molecular complexity index is 873. The molecular weight excluding hydrogens is 260 g/mol. The SMILES string of the molecule is CCOC(=O)c1ccc2c(c1)-c1cccc3cccc-2c13. The second kappa shape index (κ2) is 4.45. The Morgan fingerprint density at radius 2 is 1.62 bits per heavy atom. The second-order valence-corrected chi connectivity index (χ2v) is 5.19. The van der Waals surface area contributed by atoms with Crippen molar-refractivity contribution >= 4 is 16.7 Å². The topological polar surface area (TPSA) is 26.3 Å². The number of hydrogen-bond acceptors (Lipinski definition) is 2. The lowest BCUT2D eigenvalue weighted by Gasteiger charge is -2.06. The van der Waals surface area contributed by atoms with E-state index in [0.717, 1.165) is 5.56 Å². The zero-order valence-electron chi connectivity index (χ0n) is 11.7. The normalized spacial score (nSPS) is 11.5. The lowest BCUT2D eigenvalue weighted by Crippen LogP contribution is -2.04. The van der Waals surface area contributed by atoms with E-state index in [2.05, 4.69) is 36.4 Å². The molecule has 2 heteroatoms. The third-order valence-electron chi connectivity index (χ3n) is 4.02. The predicted molar refractivity (Wildman–Crippen MR) is 84.3 cm³/mol. The number of benzene rings is 3. The van der Waals surface area contributed by atoms with E-state index in [-0.39, 0.29) is 5.97 Å². The van der Waals surface area contributed by atoms with Gasteiger partial charge in [-0.05, 0) is 52.1 Å². The van der Waals surface area contributed by atoms with Crippen LogP contribution in [0.3, 0.4) is 0 Å². The Kier molecular flexibility index (Phi) is 2.58. The molecule has 0 N–H and O–H groups in total. The van der Waals surface area contributed by atoms with Crippen LogP contribution in [0.2, 0.25) is 0 Å². The molecule has 0 radical (unpaired) electrons. The summed E-state index contributed by atoms with van der Waals surface area (Å²) in [6.45, 7) is 2.22. The van der Waals surface area contributed by atoms with Gasteiger partial charge in [-0.2, -0.15) is 0 Å². The lowest BCUT2D eigenvalue weighted by atomic mass is 10.0. The Balaban J connectivity index is 1.97. The van der Waals surface area contributed by atoms with Gasteiger partial charge in [-0.1, -0.05) is 42.5 Å². The number of carbonyl (C=O) groups is 1. The van der Waals surface area contributed by atoms with Gasteiger partial charge in [-0.3, -0.25) is 0 Å². The summed E-state index contributed by atoms with van der Waals surface area (Å²) in [5.41, 5.74) is 5.36. The van der Waals surface area contributed by atoms with Crippen LogP contribution in [0.15, 0.2) is 54.6 Å². The molecule has 0 spiro atoms. The van der Waals surface area contributed by atoms with E-state index in [4.69, 9.17) is 4.74 Å². The highest BCUT2D eigenvalue weighted by Crippen LogP contribution is 2.47. The first kappa shape index (κ1) is 12.2. The van der Waals surface area contributed by atoms with Gasteiger partial charge in [0.1, 0.15) is 0 Å². The number of ether oxygens (including phenoxy) is 1.